The van der Waals surface area contributed by atoms with Gasteiger partial charge in [0.15, 0.2) is 5.69 Å². The van der Waals surface area contributed by atoms with Crippen molar-refractivity contribution in [2.75, 3.05) is 6.61 Å². The minimum absolute atomic E-state index is 0.0691. The van der Waals surface area contributed by atoms with Gasteiger partial charge in [-0.1, -0.05) is 13.3 Å². The molecule has 1 aromatic heterocycles. The molecule has 2 N–H and O–H groups in total. The Morgan fingerprint density at radius 3 is 2.50 bits per heavy atom. The summed E-state index contributed by atoms with van der Waals surface area (Å²) in [6.07, 6.45) is 3.34. The Hall–Kier alpha value is -3.66. The molecular formula is C22H23N3O6S. The SMILES string of the molecule is CCCCOc1ccc(-c2nc(C=Nc3ccc(S(=O)(=O)NC(C)=O)cc3)c(O)o2)cc1. The summed E-state index contributed by atoms with van der Waals surface area (Å²) in [7, 11) is -3.92. The van der Waals surface area contributed by atoms with E-state index in [2.05, 4.69) is 16.9 Å². The van der Waals surface area contributed by atoms with E-state index in [1.54, 1.807) is 24.3 Å². The Morgan fingerprint density at radius 2 is 1.88 bits per heavy atom. The number of amides is 1. The molecule has 0 unspecified atom stereocenters. The number of ether oxygens (including phenoxy) is 1. The number of benzene rings is 2. The molecule has 0 bridgehead atoms. The maximum atomic E-state index is 12.0. The first kappa shape index (κ1) is 23.0. The third-order valence-corrected chi connectivity index (χ3v) is 5.71. The first-order valence-electron chi connectivity index (χ1n) is 9.89. The van der Waals surface area contributed by atoms with Crippen LogP contribution in [0.15, 0.2) is 62.8 Å². The summed E-state index contributed by atoms with van der Waals surface area (Å²) in [5, 5.41) is 10.0. The molecule has 168 valence electrons. The largest absolute Gasteiger partial charge is 0.494 e. The van der Waals surface area contributed by atoms with Crippen LogP contribution in [0.5, 0.6) is 11.7 Å². The molecule has 0 spiro atoms. The molecule has 0 fully saturated rings. The monoisotopic (exact) mass is 457 g/mol. The van der Waals surface area contributed by atoms with Crippen LogP contribution in [0.2, 0.25) is 0 Å². The number of oxazole rings is 1. The summed E-state index contributed by atoms with van der Waals surface area (Å²) in [6, 6.07) is 12.7. The zero-order valence-electron chi connectivity index (χ0n) is 17.6. The summed E-state index contributed by atoms with van der Waals surface area (Å²) in [4.78, 5) is 19.4. The molecule has 1 amide bonds. The molecule has 0 aliphatic carbocycles. The second-order valence-corrected chi connectivity index (χ2v) is 8.53. The van der Waals surface area contributed by atoms with Gasteiger partial charge in [-0.3, -0.25) is 9.79 Å². The molecule has 0 saturated carbocycles. The molecule has 0 atom stereocenters. The summed E-state index contributed by atoms with van der Waals surface area (Å²) in [5.41, 5.74) is 1.21. The van der Waals surface area contributed by atoms with E-state index in [0.29, 0.717) is 17.9 Å². The maximum absolute atomic E-state index is 12.0. The zero-order valence-corrected chi connectivity index (χ0v) is 18.4. The lowest BCUT2D eigenvalue weighted by atomic mass is 10.2. The standard InChI is InChI=1S/C22H23N3O6S/c1-3-4-13-30-18-9-5-16(6-10-18)21-24-20(22(27)31-21)14-23-17-7-11-19(12-8-17)32(28,29)25-15(2)26/h5-12,14,27H,3-4,13H2,1-2H3,(H,25,26). The van der Waals surface area contributed by atoms with Crippen molar-refractivity contribution < 1.29 is 27.5 Å². The van der Waals surface area contributed by atoms with Crippen LogP contribution < -0.4 is 9.46 Å². The summed E-state index contributed by atoms with van der Waals surface area (Å²) >= 11 is 0. The maximum Gasteiger partial charge on any atom is 0.312 e. The van der Waals surface area contributed by atoms with E-state index in [1.165, 1.54) is 30.5 Å². The molecule has 10 heteroatoms. The number of hydrogen-bond donors (Lipinski definition) is 2. The van der Waals surface area contributed by atoms with Crippen LogP contribution in [-0.2, 0) is 14.8 Å². The van der Waals surface area contributed by atoms with Crippen LogP contribution in [0.3, 0.4) is 0 Å². The third kappa shape index (κ3) is 5.94. The Morgan fingerprint density at radius 1 is 1.19 bits per heavy atom. The van der Waals surface area contributed by atoms with Crippen molar-refractivity contribution in [3.63, 3.8) is 0 Å². The number of nitrogens with zero attached hydrogens (tertiary/aromatic N) is 2. The second kappa shape index (κ2) is 10.1. The van der Waals surface area contributed by atoms with Gasteiger partial charge in [0.05, 0.1) is 23.4 Å². The summed E-state index contributed by atoms with van der Waals surface area (Å²) in [5.74, 6) is -0.107. The molecule has 0 aliphatic heterocycles. The van der Waals surface area contributed by atoms with E-state index in [1.807, 2.05) is 4.72 Å². The predicted molar refractivity (Wildman–Crippen MR) is 119 cm³/mol. The average Bonchev–Trinajstić information content (AvgIpc) is 3.13. The van der Waals surface area contributed by atoms with E-state index < -0.39 is 21.9 Å². The molecule has 0 aliphatic rings. The number of aromatic hydroxyl groups is 1. The Balaban J connectivity index is 1.70. The van der Waals surface area contributed by atoms with Gasteiger partial charge in [0.1, 0.15) is 5.75 Å². The second-order valence-electron chi connectivity index (χ2n) is 6.85. The normalized spacial score (nSPS) is 11.6. The first-order chi connectivity index (χ1) is 15.3. The number of unbranched alkanes of at least 4 members (excludes halogenated alkanes) is 1. The average molecular weight is 458 g/mol. The van der Waals surface area contributed by atoms with Crippen LogP contribution in [0.4, 0.5) is 5.69 Å². The smallest absolute Gasteiger partial charge is 0.312 e. The van der Waals surface area contributed by atoms with Crippen molar-refractivity contribution in [1.82, 2.24) is 9.71 Å². The minimum Gasteiger partial charge on any atom is -0.494 e. The molecule has 0 radical (unpaired) electrons. The van der Waals surface area contributed by atoms with E-state index >= 15 is 0 Å². The molecule has 3 rings (SSSR count). The van der Waals surface area contributed by atoms with E-state index in [9.17, 15) is 18.3 Å². The lowest BCUT2D eigenvalue weighted by Crippen LogP contribution is -2.28. The third-order valence-electron chi connectivity index (χ3n) is 4.26. The highest BCUT2D eigenvalue weighted by molar-refractivity contribution is 7.90. The molecule has 0 saturated heterocycles. The van der Waals surface area contributed by atoms with Crippen LogP contribution in [-0.4, -0.2) is 37.2 Å². The molecule has 9 nitrogen and oxygen atoms in total. The van der Waals surface area contributed by atoms with Crippen molar-refractivity contribution in [3.05, 3.63) is 54.2 Å². The highest BCUT2D eigenvalue weighted by atomic mass is 32.2. The van der Waals surface area contributed by atoms with Crippen molar-refractivity contribution >= 4 is 27.8 Å². The van der Waals surface area contributed by atoms with Gasteiger partial charge in [-0.15, -0.1) is 0 Å². The number of aromatic nitrogens is 1. The highest BCUT2D eigenvalue weighted by Gasteiger charge is 2.15. The molecular weight excluding hydrogens is 434 g/mol. The van der Waals surface area contributed by atoms with E-state index in [-0.39, 0.29) is 16.5 Å². The number of carbonyl (C=O) groups excluding carboxylic acids is 1. The lowest BCUT2D eigenvalue weighted by molar-refractivity contribution is -0.117. The van der Waals surface area contributed by atoms with Gasteiger partial charge < -0.3 is 14.3 Å². The molecule has 1 heterocycles. The summed E-state index contributed by atoms with van der Waals surface area (Å²) in [6.45, 7) is 3.86. The van der Waals surface area contributed by atoms with Crippen molar-refractivity contribution in [2.24, 2.45) is 4.99 Å². The van der Waals surface area contributed by atoms with Gasteiger partial charge in [0, 0.05) is 12.5 Å². The first-order valence-corrected chi connectivity index (χ1v) is 11.4. The number of rotatable bonds is 9. The summed E-state index contributed by atoms with van der Waals surface area (Å²) < 4.78 is 36.8. The zero-order chi connectivity index (χ0) is 23.1. The van der Waals surface area contributed by atoms with Gasteiger partial charge in [0.2, 0.25) is 11.8 Å². The highest BCUT2D eigenvalue weighted by Crippen LogP contribution is 2.27. The number of aliphatic imine (C=N–C) groups is 1. The van der Waals surface area contributed by atoms with Crippen molar-refractivity contribution in [3.8, 4) is 23.1 Å². The van der Waals surface area contributed by atoms with Gasteiger partial charge >= 0.3 is 5.95 Å². The van der Waals surface area contributed by atoms with Gasteiger partial charge in [-0.25, -0.2) is 18.1 Å². The van der Waals surface area contributed by atoms with Crippen molar-refractivity contribution in [2.45, 2.75) is 31.6 Å². The fourth-order valence-corrected chi connectivity index (χ4v) is 3.65. The Kier molecular flexibility index (Phi) is 7.26. The fourth-order valence-electron chi connectivity index (χ4n) is 2.65. The quantitative estimate of drug-likeness (QED) is 0.369. The number of nitrogens with one attached hydrogen (secondary N) is 1. The van der Waals surface area contributed by atoms with Crippen LogP contribution >= 0.6 is 0 Å². The van der Waals surface area contributed by atoms with E-state index in [4.69, 9.17) is 9.15 Å². The molecule has 32 heavy (non-hydrogen) atoms. The number of carbonyl (C=O) groups is 1. The number of hydrogen-bond acceptors (Lipinski definition) is 8. The van der Waals surface area contributed by atoms with Crippen LogP contribution in [0, 0.1) is 0 Å². The van der Waals surface area contributed by atoms with Gasteiger partial charge in [-0.2, -0.15) is 0 Å². The predicted octanol–water partition coefficient (Wildman–Crippen LogP) is 3.80. The van der Waals surface area contributed by atoms with Gasteiger partial charge in [0.25, 0.3) is 10.0 Å². The Labute approximate surface area is 185 Å². The van der Waals surface area contributed by atoms with Crippen LogP contribution in [0.1, 0.15) is 32.4 Å². The van der Waals surface area contributed by atoms with Crippen molar-refractivity contribution in [1.29, 1.82) is 0 Å². The van der Waals surface area contributed by atoms with E-state index in [0.717, 1.165) is 25.5 Å². The topological polar surface area (TPSA) is 131 Å². The lowest BCUT2D eigenvalue weighted by Gasteiger charge is -2.05. The minimum atomic E-state index is -3.92. The van der Waals surface area contributed by atoms with Crippen LogP contribution in [0.25, 0.3) is 11.5 Å². The van der Waals surface area contributed by atoms with Gasteiger partial charge in [-0.05, 0) is 55.0 Å². The molecule has 3 aromatic rings. The fraction of sp³-hybridized carbons (Fsp3) is 0.227. The Bertz CT molecular complexity index is 1200. The molecule has 2 aromatic carbocycles. The number of sulfonamides is 1.